The van der Waals surface area contributed by atoms with Crippen molar-refractivity contribution < 1.29 is 18.7 Å². The van der Waals surface area contributed by atoms with Gasteiger partial charge in [-0.1, -0.05) is 18.2 Å². The number of carbonyl (C=O) groups is 1. The van der Waals surface area contributed by atoms with E-state index in [1.54, 1.807) is 13.2 Å². The Kier molecular flexibility index (Phi) is 4.97. The molecule has 0 saturated heterocycles. The van der Waals surface area contributed by atoms with Gasteiger partial charge in [-0.2, -0.15) is 0 Å². The molecule has 1 heterocycles. The summed E-state index contributed by atoms with van der Waals surface area (Å²) in [5, 5.41) is 5.50. The van der Waals surface area contributed by atoms with Crippen molar-refractivity contribution in [2.24, 2.45) is 5.10 Å². The molecule has 1 amide bonds. The van der Waals surface area contributed by atoms with Crippen LogP contribution in [-0.2, 0) is 11.3 Å². The average molecular weight is 342 g/mol. The number of hydrazone groups is 1. The van der Waals surface area contributed by atoms with Crippen molar-refractivity contribution in [1.29, 1.82) is 0 Å². The van der Waals surface area contributed by atoms with Crippen molar-refractivity contribution >= 4 is 11.8 Å². The molecule has 0 bridgehead atoms. The first-order valence-corrected chi connectivity index (χ1v) is 7.98. The molecule has 2 aromatic carbocycles. The number of benzene rings is 2. The van der Waals surface area contributed by atoms with Crippen LogP contribution >= 0.6 is 0 Å². The third-order valence-electron chi connectivity index (χ3n) is 3.95. The molecule has 0 fully saturated rings. The number of amides is 1. The summed E-state index contributed by atoms with van der Waals surface area (Å²) < 4.78 is 24.2. The van der Waals surface area contributed by atoms with E-state index >= 15 is 0 Å². The smallest absolute Gasteiger partial charge is 0.274 e. The number of rotatable bonds is 4. The molecule has 5 nitrogen and oxygen atoms in total. The van der Waals surface area contributed by atoms with Gasteiger partial charge in [-0.15, -0.1) is 5.10 Å². The molecule has 0 aromatic heterocycles. The number of aryl methyl sites for hydroxylation is 1. The zero-order valence-electron chi connectivity index (χ0n) is 14.2. The van der Waals surface area contributed by atoms with E-state index in [2.05, 4.69) is 5.10 Å². The SMILES string of the molecule is COc1cc(COC2=NN(C(=O)c3cccc(F)c3)CC2)ccc1C. The zero-order chi connectivity index (χ0) is 17.8. The van der Waals surface area contributed by atoms with E-state index in [1.165, 1.54) is 23.2 Å². The van der Waals surface area contributed by atoms with Crippen molar-refractivity contribution in [2.75, 3.05) is 13.7 Å². The molecule has 6 heteroatoms. The van der Waals surface area contributed by atoms with E-state index in [0.717, 1.165) is 16.9 Å². The normalized spacial score (nSPS) is 13.6. The van der Waals surface area contributed by atoms with Crippen LogP contribution in [-0.4, -0.2) is 30.5 Å². The number of nitrogens with zero attached hydrogens (tertiary/aromatic N) is 2. The Hall–Kier alpha value is -2.89. The lowest BCUT2D eigenvalue weighted by molar-refractivity contribution is 0.0776. The Bertz CT molecular complexity index is 820. The first-order chi connectivity index (χ1) is 12.1. The molecule has 1 aliphatic heterocycles. The molecule has 0 saturated carbocycles. The molecule has 2 aromatic rings. The minimum Gasteiger partial charge on any atom is -0.496 e. The van der Waals surface area contributed by atoms with Crippen LogP contribution < -0.4 is 4.74 Å². The Morgan fingerprint density at radius 2 is 2.12 bits per heavy atom. The highest BCUT2D eigenvalue weighted by molar-refractivity contribution is 5.96. The fourth-order valence-corrected chi connectivity index (χ4v) is 2.58. The van der Waals surface area contributed by atoms with Crippen molar-refractivity contribution in [3.63, 3.8) is 0 Å². The second-order valence-electron chi connectivity index (χ2n) is 5.78. The largest absolute Gasteiger partial charge is 0.496 e. The summed E-state index contributed by atoms with van der Waals surface area (Å²) in [7, 11) is 1.63. The Morgan fingerprint density at radius 1 is 1.28 bits per heavy atom. The molecule has 25 heavy (non-hydrogen) atoms. The lowest BCUT2D eigenvalue weighted by Crippen LogP contribution is -2.23. The summed E-state index contributed by atoms with van der Waals surface area (Å²) in [6.45, 7) is 2.74. The van der Waals surface area contributed by atoms with Crippen molar-refractivity contribution in [2.45, 2.75) is 20.0 Å². The zero-order valence-corrected chi connectivity index (χ0v) is 14.2. The van der Waals surface area contributed by atoms with Gasteiger partial charge in [-0.3, -0.25) is 4.79 Å². The maximum atomic E-state index is 13.2. The minimum atomic E-state index is -0.446. The summed E-state index contributed by atoms with van der Waals surface area (Å²) in [6.07, 6.45) is 0.532. The van der Waals surface area contributed by atoms with Gasteiger partial charge in [-0.25, -0.2) is 9.40 Å². The summed E-state index contributed by atoms with van der Waals surface area (Å²) >= 11 is 0. The van der Waals surface area contributed by atoms with E-state index in [9.17, 15) is 9.18 Å². The Labute approximate surface area is 145 Å². The standard InChI is InChI=1S/C19H19FN2O3/c1-13-6-7-14(10-17(13)24-2)12-25-18-8-9-22(21-18)19(23)15-4-3-5-16(20)11-15/h3-7,10-11H,8-9,12H2,1-2H3. The second-order valence-corrected chi connectivity index (χ2v) is 5.78. The monoisotopic (exact) mass is 342 g/mol. The van der Waals surface area contributed by atoms with Crippen LogP contribution in [0.25, 0.3) is 0 Å². The quantitative estimate of drug-likeness (QED) is 0.854. The summed E-state index contributed by atoms with van der Waals surface area (Å²) in [5.74, 6) is 0.510. The van der Waals surface area contributed by atoms with Gasteiger partial charge in [0.05, 0.1) is 13.7 Å². The first kappa shape index (κ1) is 17.0. The third-order valence-corrected chi connectivity index (χ3v) is 3.95. The van der Waals surface area contributed by atoms with Gasteiger partial charge in [0.1, 0.15) is 18.2 Å². The molecule has 0 spiro atoms. The van der Waals surface area contributed by atoms with E-state index in [4.69, 9.17) is 9.47 Å². The van der Waals surface area contributed by atoms with Gasteiger partial charge in [0, 0.05) is 12.0 Å². The van der Waals surface area contributed by atoms with Crippen LogP contribution in [0.2, 0.25) is 0 Å². The highest BCUT2D eigenvalue weighted by atomic mass is 19.1. The van der Waals surface area contributed by atoms with Gasteiger partial charge in [0.25, 0.3) is 5.91 Å². The molecule has 0 N–H and O–H groups in total. The molecule has 0 unspecified atom stereocenters. The van der Waals surface area contributed by atoms with Crippen LogP contribution in [0.4, 0.5) is 4.39 Å². The van der Waals surface area contributed by atoms with Crippen LogP contribution in [0.5, 0.6) is 5.75 Å². The molecule has 1 aliphatic rings. The lowest BCUT2D eigenvalue weighted by atomic mass is 10.1. The van der Waals surface area contributed by atoms with E-state index in [0.29, 0.717) is 25.5 Å². The van der Waals surface area contributed by atoms with E-state index in [1.807, 2.05) is 25.1 Å². The number of halogens is 1. The maximum absolute atomic E-state index is 13.2. The fourth-order valence-electron chi connectivity index (χ4n) is 2.58. The molecular formula is C19H19FN2O3. The number of carbonyl (C=O) groups excluding carboxylic acids is 1. The average Bonchev–Trinajstić information content (AvgIpc) is 3.09. The number of hydrogen-bond acceptors (Lipinski definition) is 4. The summed E-state index contributed by atoms with van der Waals surface area (Å²) in [5.41, 5.74) is 2.28. The summed E-state index contributed by atoms with van der Waals surface area (Å²) in [6, 6.07) is 11.4. The highest BCUT2D eigenvalue weighted by Crippen LogP contribution is 2.20. The fraction of sp³-hybridized carbons (Fsp3) is 0.263. The molecule has 0 atom stereocenters. The van der Waals surface area contributed by atoms with Crippen LogP contribution in [0.15, 0.2) is 47.6 Å². The Balaban J connectivity index is 1.63. The Morgan fingerprint density at radius 3 is 2.88 bits per heavy atom. The van der Waals surface area contributed by atoms with E-state index in [-0.39, 0.29) is 11.5 Å². The number of methoxy groups -OCH3 is 1. The molecule has 0 radical (unpaired) electrons. The van der Waals surface area contributed by atoms with Crippen LogP contribution in [0, 0.1) is 12.7 Å². The third kappa shape index (κ3) is 3.96. The predicted molar refractivity (Wildman–Crippen MR) is 92.0 cm³/mol. The molecule has 0 aliphatic carbocycles. The number of ether oxygens (including phenoxy) is 2. The van der Waals surface area contributed by atoms with Gasteiger partial charge in [0.15, 0.2) is 0 Å². The topological polar surface area (TPSA) is 51.1 Å². The molecule has 3 rings (SSSR count). The predicted octanol–water partition coefficient (Wildman–Crippen LogP) is 3.52. The second kappa shape index (κ2) is 7.34. The number of hydrogen-bond donors (Lipinski definition) is 0. The van der Waals surface area contributed by atoms with Gasteiger partial charge < -0.3 is 9.47 Å². The maximum Gasteiger partial charge on any atom is 0.274 e. The van der Waals surface area contributed by atoms with Crippen molar-refractivity contribution in [3.05, 3.63) is 65.0 Å². The molecule has 130 valence electrons. The van der Waals surface area contributed by atoms with Gasteiger partial charge in [0.2, 0.25) is 5.90 Å². The lowest BCUT2D eigenvalue weighted by Gasteiger charge is -2.10. The minimum absolute atomic E-state index is 0.272. The van der Waals surface area contributed by atoms with Gasteiger partial charge >= 0.3 is 0 Å². The highest BCUT2D eigenvalue weighted by Gasteiger charge is 2.23. The van der Waals surface area contributed by atoms with Crippen LogP contribution in [0.1, 0.15) is 27.9 Å². The van der Waals surface area contributed by atoms with Crippen molar-refractivity contribution in [1.82, 2.24) is 5.01 Å². The van der Waals surface area contributed by atoms with Crippen molar-refractivity contribution in [3.8, 4) is 5.75 Å². The van der Waals surface area contributed by atoms with Crippen LogP contribution in [0.3, 0.4) is 0 Å². The van der Waals surface area contributed by atoms with Gasteiger partial charge in [-0.05, 0) is 42.3 Å². The summed E-state index contributed by atoms with van der Waals surface area (Å²) in [4.78, 5) is 12.3. The first-order valence-electron chi connectivity index (χ1n) is 7.98. The van der Waals surface area contributed by atoms with E-state index < -0.39 is 5.82 Å². The molecular weight excluding hydrogens is 323 g/mol.